The maximum Gasteiger partial charge on any atom is 0.309 e. The van der Waals surface area contributed by atoms with Gasteiger partial charge in [-0.1, -0.05) is 29.5 Å². The van der Waals surface area contributed by atoms with E-state index in [4.69, 9.17) is 0 Å². The highest BCUT2D eigenvalue weighted by Crippen LogP contribution is 2.18. The van der Waals surface area contributed by atoms with Crippen LogP contribution in [0.3, 0.4) is 0 Å². The van der Waals surface area contributed by atoms with Crippen LogP contribution in [0, 0.1) is 0 Å². The van der Waals surface area contributed by atoms with Crippen molar-refractivity contribution in [2.75, 3.05) is 31.1 Å². The molecule has 0 bridgehead atoms. The summed E-state index contributed by atoms with van der Waals surface area (Å²) < 4.78 is 2.95. The summed E-state index contributed by atoms with van der Waals surface area (Å²) in [7, 11) is 0. The molecular formula is C17H18N4OS. The maximum atomic E-state index is 12.2. The van der Waals surface area contributed by atoms with E-state index in [1.807, 2.05) is 53.2 Å². The molecule has 0 amide bonds. The van der Waals surface area contributed by atoms with Gasteiger partial charge in [0.15, 0.2) is 0 Å². The average Bonchev–Trinajstić information content (AvgIpc) is 2.92. The Hall–Kier alpha value is -2.18. The van der Waals surface area contributed by atoms with E-state index in [9.17, 15) is 4.79 Å². The summed E-state index contributed by atoms with van der Waals surface area (Å²) in [6.07, 6.45) is 1.83. The molecule has 0 aliphatic carbocycles. The number of benzene rings is 1. The van der Waals surface area contributed by atoms with Gasteiger partial charge in [0.05, 0.1) is 16.9 Å². The number of rotatable bonds is 3. The lowest BCUT2D eigenvalue weighted by atomic mass is 10.3. The Labute approximate surface area is 138 Å². The number of nitrogens with zero attached hydrogens (tertiary/aromatic N) is 4. The van der Waals surface area contributed by atoms with Gasteiger partial charge in [-0.15, -0.1) is 0 Å². The largest absolute Gasteiger partial charge is 0.354 e. The Kier molecular flexibility index (Phi) is 3.85. The molecule has 2 aromatic heterocycles. The van der Waals surface area contributed by atoms with E-state index < -0.39 is 0 Å². The Morgan fingerprint density at radius 3 is 2.57 bits per heavy atom. The lowest BCUT2D eigenvalue weighted by Gasteiger charge is -2.35. The molecule has 0 atom stereocenters. The van der Waals surface area contributed by atoms with Gasteiger partial charge in [-0.25, -0.2) is 4.98 Å². The molecule has 3 heterocycles. The standard InChI is InChI=1S/C17H18N4OS/c22-17-21(14-5-1-2-6-15(14)23-17)13-19-9-11-20(12-10-19)16-7-3-4-8-18-16/h1-8H,9-13H2. The summed E-state index contributed by atoms with van der Waals surface area (Å²) in [6.45, 7) is 4.42. The SMILES string of the molecule is O=c1sc2ccccc2n1CN1CCN(c2ccccn2)CC1. The van der Waals surface area contributed by atoms with Gasteiger partial charge in [0, 0.05) is 32.4 Å². The zero-order valence-electron chi connectivity index (χ0n) is 12.8. The molecule has 1 fully saturated rings. The zero-order chi connectivity index (χ0) is 15.6. The van der Waals surface area contributed by atoms with Crippen molar-refractivity contribution in [2.24, 2.45) is 0 Å². The maximum absolute atomic E-state index is 12.2. The van der Waals surface area contributed by atoms with Crippen molar-refractivity contribution in [3.63, 3.8) is 0 Å². The van der Waals surface area contributed by atoms with Crippen LogP contribution >= 0.6 is 11.3 Å². The Morgan fingerprint density at radius 2 is 1.78 bits per heavy atom. The van der Waals surface area contributed by atoms with Gasteiger partial charge in [-0.05, 0) is 24.3 Å². The molecule has 0 radical (unpaired) electrons. The molecule has 6 heteroatoms. The number of piperazine rings is 1. The first-order valence-corrected chi connectivity index (χ1v) is 8.59. The van der Waals surface area contributed by atoms with Crippen molar-refractivity contribution in [3.05, 3.63) is 58.3 Å². The molecule has 1 aromatic carbocycles. The second kappa shape index (κ2) is 6.14. The summed E-state index contributed by atoms with van der Waals surface area (Å²) in [5.74, 6) is 1.03. The van der Waals surface area contributed by atoms with Crippen molar-refractivity contribution >= 4 is 27.4 Å². The van der Waals surface area contributed by atoms with Gasteiger partial charge in [0.25, 0.3) is 0 Å². The van der Waals surface area contributed by atoms with E-state index in [0.29, 0.717) is 6.67 Å². The third-order valence-corrected chi connectivity index (χ3v) is 5.22. The molecule has 0 spiro atoms. The molecule has 1 saturated heterocycles. The number of aromatic nitrogens is 2. The van der Waals surface area contributed by atoms with Crippen LogP contribution in [-0.4, -0.2) is 40.6 Å². The van der Waals surface area contributed by atoms with E-state index in [-0.39, 0.29) is 4.87 Å². The highest BCUT2D eigenvalue weighted by Gasteiger charge is 2.19. The van der Waals surface area contributed by atoms with Crippen molar-refractivity contribution < 1.29 is 0 Å². The van der Waals surface area contributed by atoms with Crippen LogP contribution in [0.25, 0.3) is 10.2 Å². The molecule has 23 heavy (non-hydrogen) atoms. The highest BCUT2D eigenvalue weighted by atomic mass is 32.1. The van der Waals surface area contributed by atoms with Crippen LogP contribution in [0.2, 0.25) is 0 Å². The third kappa shape index (κ3) is 2.87. The zero-order valence-corrected chi connectivity index (χ0v) is 13.6. The van der Waals surface area contributed by atoms with Gasteiger partial charge in [0.2, 0.25) is 0 Å². The summed E-state index contributed by atoms with van der Waals surface area (Å²) in [6, 6.07) is 14.0. The minimum atomic E-state index is 0.123. The number of para-hydroxylation sites is 1. The molecule has 0 unspecified atom stereocenters. The first-order chi connectivity index (χ1) is 11.3. The molecule has 5 nitrogen and oxygen atoms in total. The topological polar surface area (TPSA) is 41.4 Å². The number of fused-ring (bicyclic) bond motifs is 1. The predicted octanol–water partition coefficient (Wildman–Crippen LogP) is 2.24. The Bertz CT molecular complexity index is 850. The highest BCUT2D eigenvalue weighted by molar-refractivity contribution is 7.16. The minimum Gasteiger partial charge on any atom is -0.354 e. The fraction of sp³-hybridized carbons (Fsp3) is 0.294. The summed E-state index contributed by atoms with van der Waals surface area (Å²) in [5.41, 5.74) is 1.04. The van der Waals surface area contributed by atoms with Gasteiger partial charge in [-0.3, -0.25) is 14.3 Å². The van der Waals surface area contributed by atoms with Crippen molar-refractivity contribution in [1.82, 2.24) is 14.5 Å². The number of hydrogen-bond donors (Lipinski definition) is 0. The second-order valence-corrected chi connectivity index (χ2v) is 6.69. The average molecular weight is 326 g/mol. The Balaban J connectivity index is 1.47. The third-order valence-electron chi connectivity index (χ3n) is 4.26. The van der Waals surface area contributed by atoms with Crippen LogP contribution < -0.4 is 9.77 Å². The molecule has 0 N–H and O–H groups in total. The van der Waals surface area contributed by atoms with Crippen LogP contribution in [-0.2, 0) is 6.67 Å². The summed E-state index contributed by atoms with van der Waals surface area (Å²) in [5, 5.41) is 0. The molecule has 4 rings (SSSR count). The Morgan fingerprint density at radius 1 is 1.00 bits per heavy atom. The van der Waals surface area contributed by atoms with Crippen LogP contribution in [0.4, 0.5) is 5.82 Å². The quantitative estimate of drug-likeness (QED) is 0.740. The number of thiazole rings is 1. The fourth-order valence-corrected chi connectivity index (χ4v) is 3.89. The van der Waals surface area contributed by atoms with E-state index >= 15 is 0 Å². The predicted molar refractivity (Wildman–Crippen MR) is 94.1 cm³/mol. The van der Waals surface area contributed by atoms with Crippen LogP contribution in [0.1, 0.15) is 0 Å². The van der Waals surface area contributed by atoms with E-state index in [1.54, 1.807) is 0 Å². The van der Waals surface area contributed by atoms with E-state index in [2.05, 4.69) is 14.8 Å². The number of pyridine rings is 1. The van der Waals surface area contributed by atoms with Gasteiger partial charge < -0.3 is 4.90 Å². The van der Waals surface area contributed by atoms with Crippen LogP contribution in [0.5, 0.6) is 0 Å². The number of hydrogen-bond acceptors (Lipinski definition) is 5. The first-order valence-electron chi connectivity index (χ1n) is 7.78. The molecule has 118 valence electrons. The van der Waals surface area contributed by atoms with Crippen LogP contribution in [0.15, 0.2) is 53.5 Å². The summed E-state index contributed by atoms with van der Waals surface area (Å²) in [4.78, 5) is 21.4. The van der Waals surface area contributed by atoms with Crippen molar-refractivity contribution in [2.45, 2.75) is 6.67 Å². The number of anilines is 1. The van der Waals surface area contributed by atoms with Crippen molar-refractivity contribution in [1.29, 1.82) is 0 Å². The molecular weight excluding hydrogens is 308 g/mol. The van der Waals surface area contributed by atoms with E-state index in [1.165, 1.54) is 11.3 Å². The molecule has 0 saturated carbocycles. The molecule has 1 aliphatic rings. The molecule has 1 aliphatic heterocycles. The van der Waals surface area contributed by atoms with Gasteiger partial charge >= 0.3 is 4.87 Å². The van der Waals surface area contributed by atoms with Gasteiger partial charge in [0.1, 0.15) is 5.82 Å². The smallest absolute Gasteiger partial charge is 0.309 e. The second-order valence-electron chi connectivity index (χ2n) is 5.70. The van der Waals surface area contributed by atoms with Gasteiger partial charge in [-0.2, -0.15) is 0 Å². The molecule has 3 aromatic rings. The minimum absolute atomic E-state index is 0.123. The first kappa shape index (κ1) is 14.4. The monoisotopic (exact) mass is 326 g/mol. The summed E-state index contributed by atoms with van der Waals surface area (Å²) >= 11 is 1.33. The lowest BCUT2D eigenvalue weighted by Crippen LogP contribution is -2.47. The normalized spacial score (nSPS) is 16.1. The fourth-order valence-electron chi connectivity index (χ4n) is 3.01. The van der Waals surface area contributed by atoms with Crippen molar-refractivity contribution in [3.8, 4) is 0 Å². The van der Waals surface area contributed by atoms with E-state index in [0.717, 1.165) is 42.2 Å². The lowest BCUT2D eigenvalue weighted by molar-refractivity contribution is 0.207.